The number of hydrogen-bond acceptors (Lipinski definition) is 6. The van der Waals surface area contributed by atoms with Crippen LogP contribution in [0.4, 0.5) is 4.79 Å². The fourth-order valence-electron chi connectivity index (χ4n) is 6.32. The highest BCUT2D eigenvalue weighted by Crippen LogP contribution is 2.36. The second-order valence-corrected chi connectivity index (χ2v) is 11.2. The van der Waals surface area contributed by atoms with E-state index in [9.17, 15) is 9.59 Å². The fourth-order valence-corrected chi connectivity index (χ4v) is 6.32. The molecule has 1 spiro atoms. The number of methoxy groups -OCH3 is 1. The van der Waals surface area contributed by atoms with E-state index < -0.39 is 0 Å². The van der Waals surface area contributed by atoms with E-state index in [1.165, 1.54) is 5.56 Å². The first-order valence-corrected chi connectivity index (χ1v) is 13.7. The Morgan fingerprint density at radius 2 is 1.97 bits per heavy atom. The maximum absolute atomic E-state index is 12.7. The number of hydrogen-bond donors (Lipinski definition) is 1. The molecule has 0 bridgehead atoms. The smallest absolute Gasteiger partial charge is 0.410 e. The maximum Gasteiger partial charge on any atom is 0.410 e. The van der Waals surface area contributed by atoms with Gasteiger partial charge in [0.05, 0.1) is 19.8 Å². The minimum Gasteiger partial charge on any atom is -0.497 e. The molecule has 1 aromatic rings. The highest BCUT2D eigenvalue weighted by Gasteiger charge is 2.47. The summed E-state index contributed by atoms with van der Waals surface area (Å²) in [6.07, 6.45) is 7.68. The van der Waals surface area contributed by atoms with E-state index in [0.717, 1.165) is 89.9 Å². The molecule has 1 aliphatic carbocycles. The maximum atomic E-state index is 12.7. The lowest BCUT2D eigenvalue weighted by atomic mass is 9.81. The van der Waals surface area contributed by atoms with E-state index in [-0.39, 0.29) is 29.6 Å². The molecule has 1 unspecified atom stereocenters. The minimum atomic E-state index is -0.346. The summed E-state index contributed by atoms with van der Waals surface area (Å²) in [5.74, 6) is 1.59. The van der Waals surface area contributed by atoms with Gasteiger partial charge in [0.1, 0.15) is 11.4 Å². The van der Waals surface area contributed by atoms with Gasteiger partial charge >= 0.3 is 6.09 Å². The van der Waals surface area contributed by atoms with Crippen molar-refractivity contribution in [1.82, 2.24) is 15.1 Å². The van der Waals surface area contributed by atoms with Crippen molar-refractivity contribution in [2.75, 3.05) is 46.4 Å². The summed E-state index contributed by atoms with van der Waals surface area (Å²) < 4.78 is 16.9. The van der Waals surface area contributed by atoms with Crippen molar-refractivity contribution < 1.29 is 23.8 Å². The molecule has 3 heterocycles. The molecule has 8 nitrogen and oxygen atoms in total. The van der Waals surface area contributed by atoms with Crippen molar-refractivity contribution in [3.05, 3.63) is 29.8 Å². The first-order chi connectivity index (χ1) is 17.5. The van der Waals surface area contributed by atoms with Crippen molar-refractivity contribution >= 4 is 12.0 Å². The largest absolute Gasteiger partial charge is 0.497 e. The number of amides is 2. The summed E-state index contributed by atoms with van der Waals surface area (Å²) in [4.78, 5) is 29.7. The van der Waals surface area contributed by atoms with Crippen LogP contribution >= 0.6 is 0 Å². The van der Waals surface area contributed by atoms with Crippen LogP contribution in [0.1, 0.15) is 56.9 Å². The van der Waals surface area contributed by atoms with Gasteiger partial charge in [-0.2, -0.15) is 0 Å². The Hall–Kier alpha value is -2.32. The first-order valence-electron chi connectivity index (χ1n) is 13.7. The fraction of sp³-hybridized carbons (Fsp3) is 0.714. The summed E-state index contributed by atoms with van der Waals surface area (Å²) in [5, 5.41) is 3.09. The monoisotopic (exact) mass is 499 g/mol. The molecule has 36 heavy (non-hydrogen) atoms. The molecule has 1 atom stereocenters. The Kier molecular flexibility index (Phi) is 8.01. The average molecular weight is 500 g/mol. The van der Waals surface area contributed by atoms with Crippen LogP contribution in [-0.4, -0.2) is 79.9 Å². The third-order valence-corrected chi connectivity index (χ3v) is 8.57. The second kappa shape index (κ2) is 11.4. The van der Waals surface area contributed by atoms with Crippen LogP contribution < -0.4 is 10.1 Å². The molecule has 198 valence electrons. The number of rotatable bonds is 8. The van der Waals surface area contributed by atoms with Crippen LogP contribution in [0, 0.1) is 11.8 Å². The van der Waals surface area contributed by atoms with Gasteiger partial charge in [-0.1, -0.05) is 12.1 Å². The van der Waals surface area contributed by atoms with Gasteiger partial charge in [-0.05, 0) is 62.1 Å². The van der Waals surface area contributed by atoms with Gasteiger partial charge in [-0.3, -0.25) is 9.69 Å². The summed E-state index contributed by atoms with van der Waals surface area (Å²) in [6, 6.07) is 8.22. The molecule has 4 aliphatic rings. The Balaban J connectivity index is 1.04. The molecule has 2 amide bonds. The van der Waals surface area contributed by atoms with Crippen LogP contribution in [0.3, 0.4) is 0 Å². The SMILES string of the molecule is COc1cccc(CN2CCC3(CC2)CN(CC2CCC(C(=O)NCC4CCCO4)CC2)C(=O)O3)c1. The Bertz CT molecular complexity index is 902. The van der Waals surface area contributed by atoms with Crippen LogP contribution in [0.5, 0.6) is 5.75 Å². The highest BCUT2D eigenvalue weighted by atomic mass is 16.6. The number of nitrogens with zero attached hydrogens (tertiary/aromatic N) is 2. The summed E-state index contributed by atoms with van der Waals surface area (Å²) in [5.41, 5.74) is 0.896. The van der Waals surface area contributed by atoms with Crippen LogP contribution in [-0.2, 0) is 20.8 Å². The number of piperidine rings is 1. The lowest BCUT2D eigenvalue weighted by Crippen LogP contribution is -2.47. The molecule has 3 saturated heterocycles. The zero-order valence-corrected chi connectivity index (χ0v) is 21.6. The summed E-state index contributed by atoms with van der Waals surface area (Å²) in [6.45, 7) is 5.62. The lowest BCUT2D eigenvalue weighted by Gasteiger charge is -2.37. The second-order valence-electron chi connectivity index (χ2n) is 11.2. The van der Waals surface area contributed by atoms with Gasteiger partial charge in [-0.25, -0.2) is 4.79 Å². The number of carbonyl (C=O) groups excluding carboxylic acids is 2. The molecule has 1 N–H and O–H groups in total. The normalized spacial score (nSPS) is 28.3. The first kappa shape index (κ1) is 25.3. The van der Waals surface area contributed by atoms with Gasteiger partial charge in [0.25, 0.3) is 0 Å². The third kappa shape index (κ3) is 6.14. The van der Waals surface area contributed by atoms with E-state index in [2.05, 4.69) is 22.3 Å². The molecular weight excluding hydrogens is 458 g/mol. The number of carbonyl (C=O) groups is 2. The number of ether oxygens (including phenoxy) is 3. The van der Waals surface area contributed by atoms with Crippen molar-refractivity contribution in [3.63, 3.8) is 0 Å². The zero-order valence-electron chi connectivity index (χ0n) is 21.6. The number of likely N-dealkylation sites (tertiary alicyclic amines) is 1. The summed E-state index contributed by atoms with van der Waals surface area (Å²) >= 11 is 0. The van der Waals surface area contributed by atoms with E-state index in [4.69, 9.17) is 14.2 Å². The quantitative estimate of drug-likeness (QED) is 0.589. The highest BCUT2D eigenvalue weighted by molar-refractivity contribution is 5.78. The van der Waals surface area contributed by atoms with E-state index in [1.54, 1.807) is 7.11 Å². The Labute approximate surface area is 214 Å². The molecule has 4 fully saturated rings. The standard InChI is InChI=1S/C28H41N3O5/c1-34-24-5-2-4-22(16-24)18-30-13-11-28(12-14-30)20-31(27(33)36-28)19-21-7-9-23(10-8-21)26(32)29-17-25-6-3-15-35-25/h2,4-5,16,21,23,25H,3,6-15,17-20H2,1H3,(H,29,32). The predicted octanol–water partition coefficient (Wildman–Crippen LogP) is 3.58. The van der Waals surface area contributed by atoms with Crippen LogP contribution in [0.25, 0.3) is 0 Å². The van der Waals surface area contributed by atoms with E-state index in [0.29, 0.717) is 19.0 Å². The van der Waals surface area contributed by atoms with Crippen molar-refractivity contribution in [3.8, 4) is 5.75 Å². The topological polar surface area (TPSA) is 80.3 Å². The number of benzene rings is 1. The van der Waals surface area contributed by atoms with Crippen molar-refractivity contribution in [1.29, 1.82) is 0 Å². The lowest BCUT2D eigenvalue weighted by molar-refractivity contribution is -0.126. The zero-order chi connectivity index (χ0) is 25.0. The average Bonchev–Trinajstić information content (AvgIpc) is 3.52. The molecular formula is C28H41N3O5. The molecule has 0 aromatic heterocycles. The van der Waals surface area contributed by atoms with E-state index in [1.807, 2.05) is 17.0 Å². The third-order valence-electron chi connectivity index (χ3n) is 8.57. The molecule has 5 rings (SSSR count). The predicted molar refractivity (Wildman–Crippen MR) is 136 cm³/mol. The minimum absolute atomic E-state index is 0.0911. The molecule has 3 aliphatic heterocycles. The van der Waals surface area contributed by atoms with Crippen molar-refractivity contribution in [2.24, 2.45) is 11.8 Å². The van der Waals surface area contributed by atoms with Crippen molar-refractivity contribution in [2.45, 2.75) is 69.6 Å². The molecule has 8 heteroatoms. The van der Waals surface area contributed by atoms with Gasteiger partial charge in [0, 0.05) is 58.1 Å². The molecule has 1 aromatic carbocycles. The van der Waals surface area contributed by atoms with Gasteiger partial charge in [-0.15, -0.1) is 0 Å². The van der Waals surface area contributed by atoms with E-state index >= 15 is 0 Å². The van der Waals surface area contributed by atoms with Crippen LogP contribution in [0.15, 0.2) is 24.3 Å². The van der Waals surface area contributed by atoms with Crippen LogP contribution in [0.2, 0.25) is 0 Å². The number of nitrogens with one attached hydrogen (secondary N) is 1. The van der Waals surface area contributed by atoms with Gasteiger partial charge < -0.3 is 24.4 Å². The van der Waals surface area contributed by atoms with Gasteiger partial charge in [0.15, 0.2) is 0 Å². The van der Waals surface area contributed by atoms with Gasteiger partial charge in [0.2, 0.25) is 5.91 Å². The molecule has 0 radical (unpaired) electrons. The Morgan fingerprint density at radius 3 is 2.69 bits per heavy atom. The Morgan fingerprint density at radius 1 is 1.17 bits per heavy atom. The molecule has 1 saturated carbocycles. The summed E-state index contributed by atoms with van der Waals surface area (Å²) in [7, 11) is 1.69.